The molecule has 3 aromatic rings. The van der Waals surface area contributed by atoms with Gasteiger partial charge in [0.25, 0.3) is 0 Å². The summed E-state index contributed by atoms with van der Waals surface area (Å²) in [6, 6.07) is 9.04. The Morgan fingerprint density at radius 3 is 2.90 bits per heavy atom. The summed E-state index contributed by atoms with van der Waals surface area (Å²) >= 11 is 0. The van der Waals surface area contributed by atoms with Gasteiger partial charge in [0.15, 0.2) is 5.82 Å². The van der Waals surface area contributed by atoms with Gasteiger partial charge >= 0.3 is 0 Å². The highest BCUT2D eigenvalue weighted by Crippen LogP contribution is 2.20. The predicted molar refractivity (Wildman–Crippen MR) is 114 cm³/mol. The first kappa shape index (κ1) is 19.7. The quantitative estimate of drug-likeness (QED) is 0.516. The molecule has 9 heteroatoms. The lowest BCUT2D eigenvalue weighted by molar-refractivity contribution is -0.111. The molecule has 9 nitrogen and oxygen atoms in total. The summed E-state index contributed by atoms with van der Waals surface area (Å²) in [4.78, 5) is 22.5. The Morgan fingerprint density at radius 2 is 2.13 bits per heavy atom. The fraction of sp³-hybridized carbons (Fsp3) is 0.238. The third kappa shape index (κ3) is 4.53. The normalized spacial score (nSPS) is 14.2. The van der Waals surface area contributed by atoms with Crippen LogP contribution in [0.2, 0.25) is 0 Å². The van der Waals surface area contributed by atoms with Crippen LogP contribution in [-0.4, -0.2) is 54.9 Å². The minimum absolute atomic E-state index is 0.223. The van der Waals surface area contributed by atoms with Gasteiger partial charge in [0.2, 0.25) is 11.9 Å². The van der Waals surface area contributed by atoms with E-state index in [1.54, 1.807) is 29.1 Å². The van der Waals surface area contributed by atoms with E-state index in [9.17, 15) is 9.90 Å². The number of aliphatic hydroxyl groups excluding tert-OH is 1. The second-order valence-corrected chi connectivity index (χ2v) is 7.17. The predicted octanol–water partition coefficient (Wildman–Crippen LogP) is 2.02. The molecule has 154 valence electrons. The van der Waals surface area contributed by atoms with Crippen LogP contribution in [0.25, 0.3) is 5.82 Å². The standard InChI is InChI=1S/C21H23N7O2/c1-3-20(30)23-16-5-4-6-17(9-16)24-21-22-8-7-19(25-21)28-11-15(14(2)26-28)10-27-12-18(29)13-27/h3-9,11,18,29H,1,10,12-13H2,2H3,(H,23,30)(H,22,24,25). The monoisotopic (exact) mass is 405 g/mol. The number of rotatable bonds is 7. The summed E-state index contributed by atoms with van der Waals surface area (Å²) in [7, 11) is 0. The van der Waals surface area contributed by atoms with Gasteiger partial charge in [-0.3, -0.25) is 9.69 Å². The molecule has 1 aliphatic rings. The summed E-state index contributed by atoms with van der Waals surface area (Å²) in [6.45, 7) is 7.55. The van der Waals surface area contributed by atoms with E-state index < -0.39 is 0 Å². The summed E-state index contributed by atoms with van der Waals surface area (Å²) in [6.07, 6.45) is 4.62. The van der Waals surface area contributed by atoms with Crippen molar-refractivity contribution >= 4 is 23.2 Å². The molecule has 1 aliphatic heterocycles. The molecule has 0 bridgehead atoms. The second kappa shape index (κ2) is 8.44. The number of benzene rings is 1. The Labute approximate surface area is 174 Å². The Kier molecular flexibility index (Phi) is 5.55. The lowest BCUT2D eigenvalue weighted by atomic mass is 10.1. The number of nitrogens with one attached hydrogen (secondary N) is 2. The van der Waals surface area contributed by atoms with Gasteiger partial charge < -0.3 is 15.7 Å². The molecule has 1 amide bonds. The molecule has 0 atom stereocenters. The molecule has 0 unspecified atom stereocenters. The van der Waals surface area contributed by atoms with Crippen LogP contribution in [0.15, 0.2) is 55.4 Å². The van der Waals surface area contributed by atoms with Crippen LogP contribution < -0.4 is 10.6 Å². The first-order valence-electron chi connectivity index (χ1n) is 9.59. The van der Waals surface area contributed by atoms with Crippen LogP contribution in [0.1, 0.15) is 11.3 Å². The van der Waals surface area contributed by atoms with Crippen molar-refractivity contribution in [1.82, 2.24) is 24.6 Å². The van der Waals surface area contributed by atoms with Crippen LogP contribution in [0.3, 0.4) is 0 Å². The molecule has 0 aliphatic carbocycles. The minimum atomic E-state index is -0.275. The largest absolute Gasteiger partial charge is 0.390 e. The Morgan fingerprint density at radius 1 is 1.33 bits per heavy atom. The summed E-state index contributed by atoms with van der Waals surface area (Å²) in [5, 5.41) is 19.9. The maximum atomic E-state index is 11.5. The molecule has 2 aromatic heterocycles. The zero-order valence-electron chi connectivity index (χ0n) is 16.6. The average molecular weight is 405 g/mol. The van der Waals surface area contributed by atoms with E-state index >= 15 is 0 Å². The van der Waals surface area contributed by atoms with Gasteiger partial charge in [-0.25, -0.2) is 9.67 Å². The number of aromatic nitrogens is 4. The molecule has 4 rings (SSSR count). The fourth-order valence-electron chi connectivity index (χ4n) is 3.22. The number of amides is 1. The Balaban J connectivity index is 1.49. The first-order chi connectivity index (χ1) is 14.5. The molecule has 0 saturated carbocycles. The van der Waals surface area contributed by atoms with Crippen LogP contribution in [-0.2, 0) is 11.3 Å². The number of carbonyl (C=O) groups excluding carboxylic acids is 1. The lowest BCUT2D eigenvalue weighted by Gasteiger charge is -2.35. The number of β-amino-alcohol motifs (C(OH)–C–C–N with tert-alkyl or cyclic N) is 1. The molecule has 3 heterocycles. The van der Waals surface area contributed by atoms with Gasteiger partial charge in [-0.05, 0) is 31.2 Å². The van der Waals surface area contributed by atoms with Gasteiger partial charge in [-0.1, -0.05) is 12.6 Å². The number of anilines is 3. The van der Waals surface area contributed by atoms with Gasteiger partial charge in [-0.2, -0.15) is 10.1 Å². The van der Waals surface area contributed by atoms with E-state index in [1.165, 1.54) is 6.08 Å². The number of aryl methyl sites for hydroxylation is 1. The van der Waals surface area contributed by atoms with E-state index in [2.05, 4.69) is 37.2 Å². The maximum Gasteiger partial charge on any atom is 0.247 e. The van der Waals surface area contributed by atoms with Crippen molar-refractivity contribution in [3.05, 3.63) is 66.6 Å². The minimum Gasteiger partial charge on any atom is -0.390 e. The second-order valence-electron chi connectivity index (χ2n) is 7.17. The maximum absolute atomic E-state index is 11.5. The number of carbonyl (C=O) groups is 1. The highest BCUT2D eigenvalue weighted by atomic mass is 16.3. The molecular weight excluding hydrogens is 382 g/mol. The van der Waals surface area contributed by atoms with Gasteiger partial charge in [-0.15, -0.1) is 0 Å². The molecule has 3 N–H and O–H groups in total. The zero-order chi connectivity index (χ0) is 21.1. The average Bonchev–Trinajstić information content (AvgIpc) is 3.08. The van der Waals surface area contributed by atoms with Crippen LogP contribution >= 0.6 is 0 Å². The zero-order valence-corrected chi connectivity index (χ0v) is 16.6. The van der Waals surface area contributed by atoms with Crippen molar-refractivity contribution in [2.75, 3.05) is 23.7 Å². The first-order valence-corrected chi connectivity index (χ1v) is 9.59. The Bertz CT molecular complexity index is 1070. The van der Waals surface area contributed by atoms with Crippen molar-refractivity contribution < 1.29 is 9.90 Å². The van der Waals surface area contributed by atoms with Gasteiger partial charge in [0.05, 0.1) is 11.8 Å². The Hall–Kier alpha value is -3.56. The van der Waals surface area contributed by atoms with Crippen molar-refractivity contribution in [1.29, 1.82) is 0 Å². The van der Waals surface area contributed by atoms with Crippen molar-refractivity contribution in [3.8, 4) is 5.82 Å². The highest BCUT2D eigenvalue weighted by Gasteiger charge is 2.25. The van der Waals surface area contributed by atoms with E-state index in [0.29, 0.717) is 30.5 Å². The van der Waals surface area contributed by atoms with Crippen molar-refractivity contribution in [3.63, 3.8) is 0 Å². The molecule has 1 saturated heterocycles. The molecule has 30 heavy (non-hydrogen) atoms. The molecule has 1 aromatic carbocycles. The van der Waals surface area contributed by atoms with E-state index in [4.69, 9.17) is 0 Å². The fourth-order valence-corrected chi connectivity index (χ4v) is 3.22. The van der Waals surface area contributed by atoms with E-state index in [0.717, 1.165) is 23.5 Å². The smallest absolute Gasteiger partial charge is 0.247 e. The van der Waals surface area contributed by atoms with Crippen molar-refractivity contribution in [2.45, 2.75) is 19.6 Å². The summed E-state index contributed by atoms with van der Waals surface area (Å²) < 4.78 is 1.73. The highest BCUT2D eigenvalue weighted by molar-refractivity contribution is 5.99. The molecular formula is C21H23N7O2. The third-order valence-corrected chi connectivity index (χ3v) is 4.78. The van der Waals surface area contributed by atoms with Crippen LogP contribution in [0.5, 0.6) is 0 Å². The summed E-state index contributed by atoms with van der Waals surface area (Å²) in [5.41, 5.74) is 3.41. The number of nitrogens with zero attached hydrogens (tertiary/aromatic N) is 5. The van der Waals surface area contributed by atoms with Crippen molar-refractivity contribution in [2.24, 2.45) is 0 Å². The van der Waals surface area contributed by atoms with Gasteiger partial charge in [0, 0.05) is 55.0 Å². The SMILES string of the molecule is C=CC(=O)Nc1cccc(Nc2nccc(-n3cc(CN4CC(O)C4)c(C)n3)n2)c1. The lowest BCUT2D eigenvalue weighted by Crippen LogP contribution is -2.49. The topological polar surface area (TPSA) is 108 Å². The number of hydrogen-bond donors (Lipinski definition) is 3. The molecule has 0 spiro atoms. The molecule has 0 radical (unpaired) electrons. The number of hydrogen-bond acceptors (Lipinski definition) is 7. The number of likely N-dealkylation sites (tertiary alicyclic amines) is 1. The van der Waals surface area contributed by atoms with Gasteiger partial charge in [0.1, 0.15) is 0 Å². The summed E-state index contributed by atoms with van der Waals surface area (Å²) in [5.74, 6) is 0.782. The number of aliphatic hydroxyl groups is 1. The van der Waals surface area contributed by atoms with E-state index in [1.807, 2.05) is 25.3 Å². The van der Waals surface area contributed by atoms with Crippen LogP contribution in [0.4, 0.5) is 17.3 Å². The molecule has 1 fully saturated rings. The van der Waals surface area contributed by atoms with E-state index in [-0.39, 0.29) is 12.0 Å². The third-order valence-electron chi connectivity index (χ3n) is 4.78. The van der Waals surface area contributed by atoms with Crippen LogP contribution in [0, 0.1) is 6.92 Å².